The van der Waals surface area contributed by atoms with E-state index >= 15 is 0 Å². The van der Waals surface area contributed by atoms with Crippen LogP contribution >= 0.6 is 0 Å². The van der Waals surface area contributed by atoms with Gasteiger partial charge in [-0.2, -0.15) is 0 Å². The fourth-order valence-electron chi connectivity index (χ4n) is 4.90. The molecule has 2 N–H and O–H groups in total. The molecule has 284 valence electrons. The Kier molecular flexibility index (Phi) is 36.1. The van der Waals surface area contributed by atoms with Crippen LogP contribution in [0, 0.1) is 0 Å². The highest BCUT2D eigenvalue weighted by molar-refractivity contribution is 5.71. The normalized spacial score (nSPS) is 12.8. The van der Waals surface area contributed by atoms with Gasteiger partial charge in [-0.25, -0.2) is 0 Å². The van der Waals surface area contributed by atoms with Gasteiger partial charge in [-0.05, 0) is 90.0 Å². The highest BCUT2D eigenvalue weighted by Crippen LogP contribution is 2.11. The maximum atomic E-state index is 12.5. The molecule has 0 amide bonds. The molecule has 1 atom stereocenters. The number of esters is 3. The molecule has 0 aromatic rings. The first-order chi connectivity index (χ1) is 24.5. The Morgan fingerprint density at radius 3 is 1.26 bits per heavy atom. The number of carbonyl (C=O) groups is 3. The molecule has 0 rings (SSSR count). The van der Waals surface area contributed by atoms with E-state index in [-0.39, 0.29) is 38.0 Å². The van der Waals surface area contributed by atoms with Crippen LogP contribution in [-0.4, -0.2) is 43.8 Å². The highest BCUT2D eigenvalue weighted by atomic mass is 16.6. The second-order valence-electron chi connectivity index (χ2n) is 12.6. The lowest BCUT2D eigenvalue weighted by molar-refractivity contribution is -0.167. The van der Waals surface area contributed by atoms with Crippen LogP contribution in [0.5, 0.6) is 0 Å². The predicted octanol–water partition coefficient (Wildman–Crippen LogP) is 10.9. The zero-order chi connectivity index (χ0) is 36.6. The Hall–Kier alpha value is -3.19. The quantitative estimate of drug-likeness (QED) is 0.0309. The van der Waals surface area contributed by atoms with Gasteiger partial charge in [0.2, 0.25) is 0 Å². The SMILES string of the molecule is CC/C=C/C/C=C/C/C=C\CCCCCCCC(=O)OC(COC(=O)CCCN)COC(=O)CCCCCCC/C=C/C/C=C/C/C=C/CC. The average molecular weight is 698 g/mol. The molecule has 0 aliphatic rings. The number of nitrogens with two attached hydrogens (primary N) is 1. The molecule has 1 unspecified atom stereocenters. The first kappa shape index (κ1) is 46.8. The summed E-state index contributed by atoms with van der Waals surface area (Å²) in [6.07, 6.45) is 45.4. The van der Waals surface area contributed by atoms with Crippen LogP contribution in [0.1, 0.15) is 155 Å². The van der Waals surface area contributed by atoms with E-state index in [0.717, 1.165) is 116 Å². The van der Waals surface area contributed by atoms with Gasteiger partial charge in [-0.3, -0.25) is 14.4 Å². The molecule has 0 aliphatic carbocycles. The van der Waals surface area contributed by atoms with Crippen molar-refractivity contribution in [3.63, 3.8) is 0 Å². The summed E-state index contributed by atoms with van der Waals surface area (Å²) in [6.45, 7) is 4.42. The van der Waals surface area contributed by atoms with Gasteiger partial charge in [0.15, 0.2) is 6.10 Å². The first-order valence-corrected chi connectivity index (χ1v) is 19.6. The molecule has 0 bridgehead atoms. The van der Waals surface area contributed by atoms with Gasteiger partial charge >= 0.3 is 17.9 Å². The van der Waals surface area contributed by atoms with Crippen molar-refractivity contribution in [3.8, 4) is 0 Å². The van der Waals surface area contributed by atoms with Crippen LogP contribution in [0.15, 0.2) is 72.9 Å². The number of allylic oxidation sites excluding steroid dienone is 12. The lowest BCUT2D eigenvalue weighted by Crippen LogP contribution is -2.31. The second-order valence-corrected chi connectivity index (χ2v) is 12.6. The van der Waals surface area contributed by atoms with Gasteiger partial charge in [0.05, 0.1) is 0 Å². The van der Waals surface area contributed by atoms with Crippen molar-refractivity contribution in [3.05, 3.63) is 72.9 Å². The smallest absolute Gasteiger partial charge is 0.306 e. The molecule has 0 saturated carbocycles. The summed E-state index contributed by atoms with van der Waals surface area (Å²) in [5.41, 5.74) is 5.48. The Bertz CT molecular complexity index is 993. The minimum Gasteiger partial charge on any atom is -0.462 e. The van der Waals surface area contributed by atoms with Crippen LogP contribution < -0.4 is 5.73 Å². The minimum atomic E-state index is -0.816. The van der Waals surface area contributed by atoms with Crippen LogP contribution in [0.3, 0.4) is 0 Å². The predicted molar refractivity (Wildman–Crippen MR) is 209 cm³/mol. The maximum absolute atomic E-state index is 12.5. The summed E-state index contributed by atoms with van der Waals surface area (Å²) in [5.74, 6) is -1.10. The Morgan fingerprint density at radius 2 is 0.820 bits per heavy atom. The van der Waals surface area contributed by atoms with E-state index in [1.165, 1.54) is 0 Å². The van der Waals surface area contributed by atoms with E-state index < -0.39 is 12.1 Å². The third-order valence-corrected chi connectivity index (χ3v) is 7.81. The lowest BCUT2D eigenvalue weighted by Gasteiger charge is -2.18. The third-order valence-electron chi connectivity index (χ3n) is 7.81. The molecule has 0 fully saturated rings. The van der Waals surface area contributed by atoms with E-state index in [9.17, 15) is 14.4 Å². The Labute approximate surface area is 305 Å². The molecular weight excluding hydrogens is 626 g/mol. The maximum Gasteiger partial charge on any atom is 0.306 e. The van der Waals surface area contributed by atoms with Gasteiger partial charge < -0.3 is 19.9 Å². The van der Waals surface area contributed by atoms with Gasteiger partial charge in [0.25, 0.3) is 0 Å². The van der Waals surface area contributed by atoms with Gasteiger partial charge in [0.1, 0.15) is 13.2 Å². The van der Waals surface area contributed by atoms with Crippen LogP contribution in [0.25, 0.3) is 0 Å². The topological polar surface area (TPSA) is 105 Å². The number of unbranched alkanes of at least 4 members (excludes halogenated alkanes) is 10. The van der Waals surface area contributed by atoms with Crippen molar-refractivity contribution >= 4 is 17.9 Å². The summed E-state index contributed by atoms with van der Waals surface area (Å²) in [7, 11) is 0. The van der Waals surface area contributed by atoms with Crippen molar-refractivity contribution in [2.75, 3.05) is 19.8 Å². The van der Waals surface area contributed by atoms with Gasteiger partial charge in [-0.15, -0.1) is 0 Å². The third kappa shape index (κ3) is 36.1. The molecule has 0 spiro atoms. The van der Waals surface area contributed by atoms with E-state index in [4.69, 9.17) is 19.9 Å². The number of carbonyl (C=O) groups excluding carboxylic acids is 3. The largest absolute Gasteiger partial charge is 0.462 e. The van der Waals surface area contributed by atoms with E-state index in [2.05, 4.69) is 86.8 Å². The summed E-state index contributed by atoms with van der Waals surface area (Å²) in [4.78, 5) is 36.9. The number of hydrogen-bond acceptors (Lipinski definition) is 7. The fraction of sp³-hybridized carbons (Fsp3) is 0.651. The molecule has 0 heterocycles. The molecule has 7 nitrogen and oxygen atoms in total. The molecule has 7 heteroatoms. The van der Waals surface area contributed by atoms with Gasteiger partial charge in [-0.1, -0.05) is 125 Å². The number of ether oxygens (including phenoxy) is 3. The van der Waals surface area contributed by atoms with E-state index in [0.29, 0.717) is 19.4 Å². The summed E-state index contributed by atoms with van der Waals surface area (Å²) >= 11 is 0. The first-order valence-electron chi connectivity index (χ1n) is 19.6. The van der Waals surface area contributed by atoms with Crippen molar-refractivity contribution < 1.29 is 28.6 Å². The fourth-order valence-corrected chi connectivity index (χ4v) is 4.90. The van der Waals surface area contributed by atoms with Crippen LogP contribution in [-0.2, 0) is 28.6 Å². The zero-order valence-electron chi connectivity index (χ0n) is 31.7. The second kappa shape index (κ2) is 38.6. The summed E-state index contributed by atoms with van der Waals surface area (Å²) < 4.78 is 16.2. The van der Waals surface area contributed by atoms with Crippen molar-refractivity contribution in [2.24, 2.45) is 5.73 Å². The minimum absolute atomic E-state index is 0.120. The van der Waals surface area contributed by atoms with Crippen LogP contribution in [0.4, 0.5) is 0 Å². The molecule has 0 saturated heterocycles. The zero-order valence-corrected chi connectivity index (χ0v) is 31.7. The molecule has 0 aromatic heterocycles. The average Bonchev–Trinajstić information content (AvgIpc) is 3.11. The summed E-state index contributed by atoms with van der Waals surface area (Å²) in [5, 5.41) is 0. The molecule has 0 aromatic carbocycles. The summed E-state index contributed by atoms with van der Waals surface area (Å²) in [6, 6.07) is 0. The van der Waals surface area contributed by atoms with E-state index in [1.54, 1.807) is 0 Å². The Morgan fingerprint density at radius 1 is 0.460 bits per heavy atom. The molecular formula is C43H71NO6. The standard InChI is InChI=1S/C43H71NO6/c1-3-5-7-9-11-13-15-17-19-21-23-25-27-29-31-34-41(45)48-38-40(39-49-42(46)36-33-37-44)50-43(47)35-32-30-28-26-24-22-20-18-16-14-12-10-8-6-4-2/h5-8,11-14,17-20,40H,3-4,9-10,15-16,21-39,44H2,1-2H3/b7-5+,8-6+,13-11+,14-12+,19-17+,20-18-. The van der Waals surface area contributed by atoms with Crippen molar-refractivity contribution in [1.82, 2.24) is 0 Å². The number of rotatable bonds is 34. The lowest BCUT2D eigenvalue weighted by atomic mass is 10.1. The number of hydrogen-bond donors (Lipinski definition) is 1. The highest BCUT2D eigenvalue weighted by Gasteiger charge is 2.19. The van der Waals surface area contributed by atoms with Crippen molar-refractivity contribution in [2.45, 2.75) is 161 Å². The molecule has 0 radical (unpaired) electrons. The molecule has 0 aliphatic heterocycles. The monoisotopic (exact) mass is 698 g/mol. The van der Waals surface area contributed by atoms with Crippen molar-refractivity contribution in [1.29, 1.82) is 0 Å². The van der Waals surface area contributed by atoms with Gasteiger partial charge in [0, 0.05) is 19.3 Å². The van der Waals surface area contributed by atoms with E-state index in [1.807, 2.05) is 0 Å². The molecule has 50 heavy (non-hydrogen) atoms. The Balaban J connectivity index is 4.18. The van der Waals surface area contributed by atoms with Crippen LogP contribution in [0.2, 0.25) is 0 Å².